The van der Waals surface area contributed by atoms with Crippen LogP contribution >= 0.6 is 0 Å². The predicted octanol–water partition coefficient (Wildman–Crippen LogP) is 3.62. The molecule has 0 saturated heterocycles. The predicted molar refractivity (Wildman–Crippen MR) is 81.9 cm³/mol. The molecule has 0 aromatic heterocycles. The molecule has 1 aliphatic rings. The minimum Gasteiger partial charge on any atom is -0.271 e. The number of hydrogen-bond acceptors (Lipinski definition) is 2. The summed E-state index contributed by atoms with van der Waals surface area (Å²) in [6.45, 7) is 6.84. The van der Waals surface area contributed by atoms with Gasteiger partial charge in [-0.2, -0.15) is 0 Å². The molecule has 3 atom stereocenters. The van der Waals surface area contributed by atoms with E-state index in [1.165, 1.54) is 30.4 Å². The van der Waals surface area contributed by atoms with Gasteiger partial charge in [0.25, 0.3) is 0 Å². The number of rotatable bonds is 5. The molecule has 1 aromatic rings. The maximum Gasteiger partial charge on any atom is 0.0281 e. The molecule has 19 heavy (non-hydrogen) atoms. The van der Waals surface area contributed by atoms with Crippen LogP contribution in [0.25, 0.3) is 0 Å². The summed E-state index contributed by atoms with van der Waals surface area (Å²) in [5, 5.41) is 0. The van der Waals surface area contributed by atoms with Crippen molar-refractivity contribution in [1.82, 2.24) is 5.43 Å². The Kier molecular flexibility index (Phi) is 5.00. The van der Waals surface area contributed by atoms with Crippen molar-refractivity contribution in [3.63, 3.8) is 0 Å². The van der Waals surface area contributed by atoms with E-state index in [1.807, 2.05) is 0 Å². The van der Waals surface area contributed by atoms with E-state index in [0.717, 1.165) is 18.3 Å². The molecule has 1 aliphatic carbocycles. The average molecular weight is 260 g/mol. The fraction of sp³-hybridized carbons (Fsp3) is 0.647. The van der Waals surface area contributed by atoms with Crippen LogP contribution < -0.4 is 11.3 Å². The van der Waals surface area contributed by atoms with Crippen molar-refractivity contribution in [2.24, 2.45) is 17.7 Å². The van der Waals surface area contributed by atoms with Gasteiger partial charge in [-0.1, -0.05) is 57.9 Å². The van der Waals surface area contributed by atoms with Gasteiger partial charge < -0.3 is 0 Å². The molecule has 0 radical (unpaired) electrons. The Hall–Kier alpha value is -0.860. The lowest BCUT2D eigenvalue weighted by Crippen LogP contribution is -2.43. The highest BCUT2D eigenvalue weighted by molar-refractivity contribution is 5.25. The number of nitrogens with one attached hydrogen (secondary N) is 1. The van der Waals surface area contributed by atoms with E-state index in [-0.39, 0.29) is 0 Å². The van der Waals surface area contributed by atoms with Crippen LogP contribution in [0.1, 0.15) is 57.1 Å². The smallest absolute Gasteiger partial charge is 0.0281 e. The van der Waals surface area contributed by atoms with Gasteiger partial charge in [0, 0.05) is 6.04 Å². The van der Waals surface area contributed by atoms with Crippen molar-refractivity contribution in [3.8, 4) is 0 Å². The van der Waals surface area contributed by atoms with E-state index in [9.17, 15) is 0 Å². The third-order valence-electron chi connectivity index (χ3n) is 4.76. The van der Waals surface area contributed by atoms with Crippen LogP contribution in [0.15, 0.2) is 24.3 Å². The van der Waals surface area contributed by atoms with Gasteiger partial charge in [0.1, 0.15) is 0 Å². The SMILES string of the molecule is CC(C)c1ccc(CC(NN)C2CCCC2C)cc1. The number of hydrogen-bond donors (Lipinski definition) is 2. The lowest BCUT2D eigenvalue weighted by molar-refractivity contribution is 0.297. The number of hydrazine groups is 1. The molecule has 2 heteroatoms. The van der Waals surface area contributed by atoms with E-state index in [4.69, 9.17) is 5.84 Å². The maximum absolute atomic E-state index is 5.79. The molecule has 0 bridgehead atoms. The topological polar surface area (TPSA) is 38.0 Å². The van der Waals surface area contributed by atoms with Crippen molar-refractivity contribution in [2.75, 3.05) is 0 Å². The summed E-state index contributed by atoms with van der Waals surface area (Å²) in [6, 6.07) is 9.46. The van der Waals surface area contributed by atoms with Crippen LogP contribution in [0.2, 0.25) is 0 Å². The fourth-order valence-electron chi connectivity index (χ4n) is 3.40. The summed E-state index contributed by atoms with van der Waals surface area (Å²) in [4.78, 5) is 0. The highest BCUT2D eigenvalue weighted by atomic mass is 15.2. The van der Waals surface area contributed by atoms with Crippen LogP contribution in [-0.2, 0) is 6.42 Å². The molecule has 106 valence electrons. The Balaban J connectivity index is 2.01. The van der Waals surface area contributed by atoms with Gasteiger partial charge in [0.15, 0.2) is 0 Å². The second-order valence-electron chi connectivity index (χ2n) is 6.45. The Morgan fingerprint density at radius 2 is 1.89 bits per heavy atom. The van der Waals surface area contributed by atoms with Crippen LogP contribution in [0.5, 0.6) is 0 Å². The first-order chi connectivity index (χ1) is 9.11. The first-order valence-electron chi connectivity index (χ1n) is 7.66. The maximum atomic E-state index is 5.79. The zero-order chi connectivity index (χ0) is 13.8. The van der Waals surface area contributed by atoms with Crippen LogP contribution in [-0.4, -0.2) is 6.04 Å². The Labute approximate surface area is 117 Å². The summed E-state index contributed by atoms with van der Waals surface area (Å²) in [7, 11) is 0. The summed E-state index contributed by atoms with van der Waals surface area (Å²) in [5.41, 5.74) is 5.87. The van der Waals surface area contributed by atoms with E-state index in [2.05, 4.69) is 50.5 Å². The highest BCUT2D eigenvalue weighted by Gasteiger charge is 2.30. The van der Waals surface area contributed by atoms with Crippen LogP contribution in [0, 0.1) is 11.8 Å². The number of nitrogens with two attached hydrogens (primary N) is 1. The van der Waals surface area contributed by atoms with Gasteiger partial charge in [-0.15, -0.1) is 0 Å². The first-order valence-corrected chi connectivity index (χ1v) is 7.66. The van der Waals surface area contributed by atoms with E-state index < -0.39 is 0 Å². The minimum atomic E-state index is 0.419. The van der Waals surface area contributed by atoms with Gasteiger partial charge in [-0.05, 0) is 41.7 Å². The van der Waals surface area contributed by atoms with Crippen LogP contribution in [0.4, 0.5) is 0 Å². The zero-order valence-corrected chi connectivity index (χ0v) is 12.5. The summed E-state index contributed by atoms with van der Waals surface area (Å²) >= 11 is 0. The normalized spacial score (nSPS) is 24.9. The molecule has 2 rings (SSSR count). The van der Waals surface area contributed by atoms with Gasteiger partial charge in [-0.3, -0.25) is 11.3 Å². The van der Waals surface area contributed by atoms with Crippen molar-refractivity contribution >= 4 is 0 Å². The molecule has 3 N–H and O–H groups in total. The quantitative estimate of drug-likeness (QED) is 0.627. The molecule has 1 saturated carbocycles. The van der Waals surface area contributed by atoms with E-state index >= 15 is 0 Å². The summed E-state index contributed by atoms with van der Waals surface area (Å²) < 4.78 is 0. The monoisotopic (exact) mass is 260 g/mol. The van der Waals surface area contributed by atoms with Gasteiger partial charge in [0.05, 0.1) is 0 Å². The second kappa shape index (κ2) is 6.53. The third-order valence-corrected chi connectivity index (χ3v) is 4.76. The molecule has 0 heterocycles. The van der Waals surface area contributed by atoms with Crippen molar-refractivity contribution in [2.45, 2.75) is 58.4 Å². The van der Waals surface area contributed by atoms with E-state index in [0.29, 0.717) is 12.0 Å². The molecule has 2 nitrogen and oxygen atoms in total. The Morgan fingerprint density at radius 3 is 2.37 bits per heavy atom. The lowest BCUT2D eigenvalue weighted by atomic mass is 9.86. The van der Waals surface area contributed by atoms with Gasteiger partial charge in [-0.25, -0.2) is 0 Å². The fourth-order valence-corrected chi connectivity index (χ4v) is 3.40. The van der Waals surface area contributed by atoms with Gasteiger partial charge >= 0.3 is 0 Å². The average Bonchev–Trinajstić information content (AvgIpc) is 2.83. The molecule has 0 aliphatic heterocycles. The Morgan fingerprint density at radius 1 is 1.21 bits per heavy atom. The molecule has 1 aromatic carbocycles. The highest BCUT2D eigenvalue weighted by Crippen LogP contribution is 2.34. The molecular formula is C17H28N2. The largest absolute Gasteiger partial charge is 0.271 e. The summed E-state index contributed by atoms with van der Waals surface area (Å²) in [5.74, 6) is 7.93. The van der Waals surface area contributed by atoms with Crippen molar-refractivity contribution in [3.05, 3.63) is 35.4 Å². The van der Waals surface area contributed by atoms with Crippen LogP contribution in [0.3, 0.4) is 0 Å². The van der Waals surface area contributed by atoms with E-state index in [1.54, 1.807) is 0 Å². The molecular weight excluding hydrogens is 232 g/mol. The first kappa shape index (κ1) is 14.5. The van der Waals surface area contributed by atoms with Crippen molar-refractivity contribution < 1.29 is 0 Å². The molecule has 0 amide bonds. The third kappa shape index (κ3) is 3.58. The van der Waals surface area contributed by atoms with Gasteiger partial charge in [0.2, 0.25) is 0 Å². The minimum absolute atomic E-state index is 0.419. The second-order valence-corrected chi connectivity index (χ2v) is 6.45. The lowest BCUT2D eigenvalue weighted by Gasteiger charge is -2.26. The summed E-state index contributed by atoms with van der Waals surface area (Å²) in [6.07, 6.45) is 5.08. The standard InChI is InChI=1S/C17H28N2/c1-12(2)15-9-7-14(8-10-15)11-17(19-18)16-6-4-5-13(16)3/h7-10,12-13,16-17,19H,4-6,11,18H2,1-3H3. The van der Waals surface area contributed by atoms with Crippen molar-refractivity contribution in [1.29, 1.82) is 0 Å². The molecule has 0 spiro atoms. The molecule has 3 unspecified atom stereocenters. The zero-order valence-electron chi connectivity index (χ0n) is 12.5. The number of benzene rings is 1. The Bertz CT molecular complexity index is 383. The molecule has 1 fully saturated rings.